The lowest BCUT2D eigenvalue weighted by Gasteiger charge is -2.34. The van der Waals surface area contributed by atoms with Gasteiger partial charge in [0.15, 0.2) is 0 Å². The topological polar surface area (TPSA) is 35.6 Å². The number of nitrogens with zero attached hydrogens (tertiary/aromatic N) is 2. The number of halogens is 2. The summed E-state index contributed by atoms with van der Waals surface area (Å²) in [5, 5.41) is 2.70. The lowest BCUT2D eigenvalue weighted by atomic mass is 10.1. The summed E-state index contributed by atoms with van der Waals surface area (Å²) >= 11 is 0. The Morgan fingerprint density at radius 1 is 1.04 bits per heavy atom. The minimum atomic E-state index is -0.871. The number of hydrogen-bond acceptors (Lipinski definition) is 3. The summed E-state index contributed by atoms with van der Waals surface area (Å²) in [4.78, 5) is 16.8. The van der Waals surface area contributed by atoms with Gasteiger partial charge in [-0.05, 0) is 49.9 Å². The van der Waals surface area contributed by atoms with Crippen LogP contribution in [0.1, 0.15) is 15.9 Å². The molecule has 1 amide bonds. The summed E-state index contributed by atoms with van der Waals surface area (Å²) in [5.74, 6) is -2.17. The number of carbonyl (C=O) groups excluding carboxylic acids is 1. The Labute approximate surface area is 146 Å². The van der Waals surface area contributed by atoms with E-state index in [-0.39, 0.29) is 5.56 Å². The Hall–Kier alpha value is -2.47. The molecule has 1 aliphatic heterocycles. The molecular weight excluding hydrogens is 324 g/mol. The molecule has 0 bridgehead atoms. The molecule has 0 aliphatic carbocycles. The van der Waals surface area contributed by atoms with E-state index in [9.17, 15) is 13.6 Å². The van der Waals surface area contributed by atoms with Gasteiger partial charge in [-0.1, -0.05) is 0 Å². The van der Waals surface area contributed by atoms with E-state index >= 15 is 0 Å². The monoisotopic (exact) mass is 345 g/mol. The smallest absolute Gasteiger partial charge is 0.258 e. The van der Waals surface area contributed by atoms with E-state index in [4.69, 9.17) is 0 Å². The maximum atomic E-state index is 13.7. The molecule has 0 radical (unpaired) electrons. The Morgan fingerprint density at radius 2 is 1.76 bits per heavy atom. The molecule has 4 nitrogen and oxygen atoms in total. The van der Waals surface area contributed by atoms with E-state index in [1.54, 1.807) is 0 Å². The molecule has 6 heteroatoms. The van der Waals surface area contributed by atoms with Crippen LogP contribution in [0.25, 0.3) is 0 Å². The van der Waals surface area contributed by atoms with Gasteiger partial charge in [0.25, 0.3) is 5.91 Å². The largest absolute Gasteiger partial charge is 0.369 e. The molecule has 1 fully saturated rings. The van der Waals surface area contributed by atoms with Crippen molar-refractivity contribution in [2.75, 3.05) is 43.4 Å². The van der Waals surface area contributed by atoms with Crippen molar-refractivity contribution in [3.05, 3.63) is 59.2 Å². The van der Waals surface area contributed by atoms with Crippen molar-refractivity contribution in [3.8, 4) is 0 Å². The second-order valence-corrected chi connectivity index (χ2v) is 6.37. The van der Waals surface area contributed by atoms with Crippen molar-refractivity contribution < 1.29 is 13.6 Å². The molecule has 132 valence electrons. The highest BCUT2D eigenvalue weighted by atomic mass is 19.1. The SMILES string of the molecule is Cc1cc(N2CCN(C)CC2)ccc1NC(=O)c1ccc(F)cc1F. The molecule has 0 saturated carbocycles. The third-order valence-electron chi connectivity index (χ3n) is 4.50. The van der Waals surface area contributed by atoms with E-state index in [0.29, 0.717) is 11.8 Å². The minimum absolute atomic E-state index is 0.177. The molecule has 1 heterocycles. The number of benzene rings is 2. The van der Waals surface area contributed by atoms with Crippen molar-refractivity contribution in [1.29, 1.82) is 0 Å². The molecule has 25 heavy (non-hydrogen) atoms. The summed E-state index contributed by atoms with van der Waals surface area (Å²) in [6.45, 7) is 5.85. The standard InChI is InChI=1S/C19H21F2N3O/c1-13-11-15(24-9-7-23(2)8-10-24)4-6-18(13)22-19(25)16-5-3-14(20)12-17(16)21/h3-6,11-12H,7-10H2,1-2H3,(H,22,25). The van der Waals surface area contributed by atoms with Crippen molar-refractivity contribution >= 4 is 17.3 Å². The molecule has 3 rings (SSSR count). The van der Waals surface area contributed by atoms with Gasteiger partial charge in [-0.2, -0.15) is 0 Å². The number of rotatable bonds is 3. The summed E-state index contributed by atoms with van der Waals surface area (Å²) < 4.78 is 26.7. The first kappa shape index (κ1) is 17.4. The van der Waals surface area contributed by atoms with Gasteiger partial charge in [-0.25, -0.2) is 8.78 Å². The van der Waals surface area contributed by atoms with Crippen molar-refractivity contribution in [1.82, 2.24) is 4.90 Å². The van der Waals surface area contributed by atoms with Crippen LogP contribution < -0.4 is 10.2 Å². The van der Waals surface area contributed by atoms with E-state index in [1.165, 1.54) is 0 Å². The average molecular weight is 345 g/mol. The third kappa shape index (κ3) is 3.96. The summed E-state index contributed by atoms with van der Waals surface area (Å²) in [6.07, 6.45) is 0. The fourth-order valence-electron chi connectivity index (χ4n) is 2.91. The van der Waals surface area contributed by atoms with Crippen LogP contribution in [-0.4, -0.2) is 44.0 Å². The first-order chi connectivity index (χ1) is 11.9. The maximum Gasteiger partial charge on any atom is 0.258 e. The first-order valence-electron chi connectivity index (χ1n) is 8.24. The molecule has 0 aromatic heterocycles. The second-order valence-electron chi connectivity index (χ2n) is 6.37. The van der Waals surface area contributed by atoms with Gasteiger partial charge in [-0.3, -0.25) is 4.79 Å². The molecule has 2 aromatic carbocycles. The lowest BCUT2D eigenvalue weighted by molar-refractivity contribution is 0.102. The highest BCUT2D eigenvalue weighted by molar-refractivity contribution is 6.04. The third-order valence-corrected chi connectivity index (χ3v) is 4.50. The van der Waals surface area contributed by atoms with Crippen LogP contribution in [0, 0.1) is 18.6 Å². The van der Waals surface area contributed by atoms with Gasteiger partial charge < -0.3 is 15.1 Å². The first-order valence-corrected chi connectivity index (χ1v) is 8.24. The van der Waals surface area contributed by atoms with Gasteiger partial charge in [0.1, 0.15) is 11.6 Å². The van der Waals surface area contributed by atoms with Crippen molar-refractivity contribution in [2.24, 2.45) is 0 Å². The Bertz CT molecular complexity index is 786. The average Bonchev–Trinajstić information content (AvgIpc) is 2.57. The number of hydrogen-bond donors (Lipinski definition) is 1. The van der Waals surface area contributed by atoms with Crippen LogP contribution in [0.4, 0.5) is 20.2 Å². The van der Waals surface area contributed by atoms with E-state index in [0.717, 1.165) is 49.6 Å². The number of anilines is 2. The molecular formula is C19H21F2N3O. The summed E-state index contributed by atoms with van der Waals surface area (Å²) in [5.41, 5.74) is 2.44. The molecule has 1 saturated heterocycles. The van der Waals surface area contributed by atoms with Crippen molar-refractivity contribution in [2.45, 2.75) is 6.92 Å². The Balaban J connectivity index is 1.74. The van der Waals surface area contributed by atoms with E-state index < -0.39 is 17.5 Å². The van der Waals surface area contributed by atoms with Gasteiger partial charge in [0, 0.05) is 43.6 Å². The predicted octanol–water partition coefficient (Wildman–Crippen LogP) is 3.28. The van der Waals surface area contributed by atoms with Crippen LogP contribution in [0.15, 0.2) is 36.4 Å². The maximum absolute atomic E-state index is 13.7. The fourth-order valence-corrected chi connectivity index (χ4v) is 2.91. The molecule has 1 N–H and O–H groups in total. The predicted molar refractivity (Wildman–Crippen MR) is 95.2 cm³/mol. The number of aryl methyl sites for hydroxylation is 1. The molecule has 2 aromatic rings. The summed E-state index contributed by atoms with van der Waals surface area (Å²) in [7, 11) is 2.11. The Morgan fingerprint density at radius 3 is 2.40 bits per heavy atom. The molecule has 0 unspecified atom stereocenters. The zero-order chi connectivity index (χ0) is 18.0. The highest BCUT2D eigenvalue weighted by Crippen LogP contribution is 2.24. The van der Waals surface area contributed by atoms with Crippen LogP contribution >= 0.6 is 0 Å². The highest BCUT2D eigenvalue weighted by Gasteiger charge is 2.16. The normalized spacial score (nSPS) is 15.3. The van der Waals surface area contributed by atoms with Gasteiger partial charge in [-0.15, -0.1) is 0 Å². The summed E-state index contributed by atoms with van der Waals surface area (Å²) in [6, 6.07) is 8.71. The number of carbonyl (C=O) groups is 1. The van der Waals surface area contributed by atoms with Gasteiger partial charge in [0.05, 0.1) is 5.56 Å². The quantitative estimate of drug-likeness (QED) is 0.927. The van der Waals surface area contributed by atoms with E-state index in [1.807, 2.05) is 25.1 Å². The molecule has 0 spiro atoms. The molecule has 1 aliphatic rings. The number of nitrogens with one attached hydrogen (secondary N) is 1. The Kier molecular flexibility index (Phi) is 4.99. The van der Waals surface area contributed by atoms with Gasteiger partial charge >= 0.3 is 0 Å². The number of amides is 1. The minimum Gasteiger partial charge on any atom is -0.369 e. The van der Waals surface area contributed by atoms with Crippen molar-refractivity contribution in [3.63, 3.8) is 0 Å². The number of likely N-dealkylation sites (N-methyl/N-ethyl adjacent to an activating group) is 1. The van der Waals surface area contributed by atoms with Gasteiger partial charge in [0.2, 0.25) is 0 Å². The van der Waals surface area contributed by atoms with E-state index in [2.05, 4.69) is 22.2 Å². The van der Waals surface area contributed by atoms with Crippen LogP contribution in [0.5, 0.6) is 0 Å². The fraction of sp³-hybridized carbons (Fsp3) is 0.316. The molecule has 0 atom stereocenters. The zero-order valence-corrected chi connectivity index (χ0v) is 14.4. The van der Waals surface area contributed by atoms with Crippen LogP contribution in [0.2, 0.25) is 0 Å². The van der Waals surface area contributed by atoms with Crippen LogP contribution in [0.3, 0.4) is 0 Å². The van der Waals surface area contributed by atoms with Crippen LogP contribution in [-0.2, 0) is 0 Å². The second kappa shape index (κ2) is 7.19. The lowest BCUT2D eigenvalue weighted by Crippen LogP contribution is -2.44. The zero-order valence-electron chi connectivity index (χ0n) is 14.4. The number of piperazine rings is 1.